The van der Waals surface area contributed by atoms with E-state index >= 15 is 0 Å². The molecule has 0 aromatic heterocycles. The quantitative estimate of drug-likeness (QED) is 0.494. The van der Waals surface area contributed by atoms with Crippen molar-refractivity contribution in [2.75, 3.05) is 32.8 Å². The molecule has 0 spiro atoms. The number of carboxylic acids is 1. The minimum Gasteiger partial charge on any atom is -0.545 e. The highest BCUT2D eigenvalue weighted by molar-refractivity contribution is 5.76. The van der Waals surface area contributed by atoms with E-state index in [0.717, 1.165) is 36.7 Å². The number of quaternary nitrogens is 1. The number of carboxylic acid groups (broad SMARTS) is 1. The fraction of sp³-hybridized carbons (Fsp3) is 0.727. The zero-order valence-corrected chi connectivity index (χ0v) is 10.0. The van der Waals surface area contributed by atoms with Crippen LogP contribution in [-0.4, -0.2) is 48.3 Å². The lowest BCUT2D eigenvalue weighted by Gasteiger charge is -2.34. The predicted molar refractivity (Wildman–Crippen MR) is 59.0 cm³/mol. The molecular weight excluding hydrogens is 194 g/mol. The number of likely N-dealkylation sites (N-methyl/N-ethyl adjacent to an activating group) is 1. The van der Waals surface area contributed by atoms with Crippen LogP contribution in [0, 0.1) is 0 Å². The lowest BCUT2D eigenvalue weighted by atomic mass is 10.3. The molecule has 90 valence electrons. The summed E-state index contributed by atoms with van der Waals surface area (Å²) in [4.78, 5) is 9.14. The molecule has 0 atom stereocenters. The van der Waals surface area contributed by atoms with E-state index < -0.39 is 5.97 Å². The summed E-state index contributed by atoms with van der Waals surface area (Å²) in [7, 11) is 0. The zero-order valence-electron chi connectivity index (χ0n) is 10.0. The Morgan fingerprint density at radius 2 is 1.67 bits per heavy atom. The SMILES string of the molecule is C=CC(=O)[O-].CC[N+](CC)(CC)CCO. The van der Waals surface area contributed by atoms with Gasteiger partial charge in [0, 0.05) is 0 Å². The Hall–Kier alpha value is -0.870. The largest absolute Gasteiger partial charge is 0.545 e. The summed E-state index contributed by atoms with van der Waals surface area (Å²) >= 11 is 0. The van der Waals surface area contributed by atoms with Gasteiger partial charge >= 0.3 is 0 Å². The van der Waals surface area contributed by atoms with Gasteiger partial charge in [0.05, 0.1) is 32.2 Å². The van der Waals surface area contributed by atoms with Gasteiger partial charge in [-0.3, -0.25) is 0 Å². The third-order valence-corrected chi connectivity index (χ3v) is 2.75. The molecule has 0 radical (unpaired) electrons. The first-order valence-corrected chi connectivity index (χ1v) is 5.31. The topological polar surface area (TPSA) is 60.4 Å². The highest BCUT2D eigenvalue weighted by atomic mass is 16.4. The van der Waals surface area contributed by atoms with E-state index in [0.29, 0.717) is 6.61 Å². The number of nitrogens with zero attached hydrogens (tertiary/aromatic N) is 1. The van der Waals surface area contributed by atoms with Crippen LogP contribution in [0.4, 0.5) is 0 Å². The number of aliphatic hydroxyl groups is 1. The second-order valence-electron chi connectivity index (χ2n) is 3.26. The van der Waals surface area contributed by atoms with Crippen molar-refractivity contribution in [3.05, 3.63) is 12.7 Å². The van der Waals surface area contributed by atoms with Gasteiger partial charge in [-0.1, -0.05) is 6.58 Å². The van der Waals surface area contributed by atoms with Crippen molar-refractivity contribution in [3.8, 4) is 0 Å². The number of hydrogen-bond donors (Lipinski definition) is 1. The summed E-state index contributed by atoms with van der Waals surface area (Å²) in [6.07, 6.45) is 0.722. The number of aliphatic carboxylic acids is 1. The molecule has 0 aliphatic carbocycles. The first-order valence-electron chi connectivity index (χ1n) is 5.31. The summed E-state index contributed by atoms with van der Waals surface area (Å²) in [6.45, 7) is 14.1. The molecule has 0 aliphatic heterocycles. The highest BCUT2D eigenvalue weighted by Gasteiger charge is 2.18. The molecule has 1 N–H and O–H groups in total. The molecule has 15 heavy (non-hydrogen) atoms. The number of aliphatic hydroxyl groups excluding tert-OH is 1. The van der Waals surface area contributed by atoms with Crippen LogP contribution in [0.3, 0.4) is 0 Å². The molecule has 0 fully saturated rings. The van der Waals surface area contributed by atoms with E-state index in [1.54, 1.807) is 0 Å². The van der Waals surface area contributed by atoms with Crippen LogP contribution in [0.15, 0.2) is 12.7 Å². The summed E-state index contributed by atoms with van der Waals surface area (Å²) in [6, 6.07) is 0. The van der Waals surface area contributed by atoms with E-state index in [9.17, 15) is 0 Å². The smallest absolute Gasteiger partial charge is 0.102 e. The summed E-state index contributed by atoms with van der Waals surface area (Å²) in [5.74, 6) is -1.23. The highest BCUT2D eigenvalue weighted by Crippen LogP contribution is 2.03. The molecule has 4 heteroatoms. The second kappa shape index (κ2) is 9.68. The van der Waals surface area contributed by atoms with E-state index in [1.165, 1.54) is 0 Å². The molecule has 0 saturated heterocycles. The average molecular weight is 217 g/mol. The normalized spacial score (nSPS) is 10.1. The Kier molecular flexibility index (Phi) is 10.7. The molecule has 4 nitrogen and oxygen atoms in total. The van der Waals surface area contributed by atoms with E-state index in [1.807, 2.05) is 0 Å². The van der Waals surface area contributed by atoms with Crippen LogP contribution < -0.4 is 5.11 Å². The van der Waals surface area contributed by atoms with Crippen molar-refractivity contribution in [3.63, 3.8) is 0 Å². The van der Waals surface area contributed by atoms with E-state index in [4.69, 9.17) is 15.0 Å². The maximum atomic E-state index is 9.14. The van der Waals surface area contributed by atoms with Gasteiger partial charge in [-0.2, -0.15) is 0 Å². The third kappa shape index (κ3) is 8.15. The van der Waals surface area contributed by atoms with Gasteiger partial charge < -0.3 is 19.5 Å². The number of rotatable bonds is 6. The Bertz CT molecular complexity index is 168. The Morgan fingerprint density at radius 1 is 1.33 bits per heavy atom. The van der Waals surface area contributed by atoms with Gasteiger partial charge in [-0.05, 0) is 26.8 Å². The van der Waals surface area contributed by atoms with Crippen LogP contribution in [0.25, 0.3) is 0 Å². The van der Waals surface area contributed by atoms with E-state index in [2.05, 4.69) is 27.4 Å². The maximum Gasteiger partial charge on any atom is 0.102 e. The summed E-state index contributed by atoms with van der Waals surface area (Å²) in [5.41, 5.74) is 0. The molecule has 0 aliphatic rings. The standard InChI is InChI=1S/C8H20NO.C3H4O2/c1-4-9(5-2,6-3)7-8-10;1-2-3(4)5/h10H,4-8H2,1-3H3;2H,1H2,(H,4,5)/q+1;/p-1. The molecule has 0 unspecified atom stereocenters. The van der Waals surface area contributed by atoms with Gasteiger partial charge in [0.1, 0.15) is 6.54 Å². The second-order valence-corrected chi connectivity index (χ2v) is 3.26. The number of hydrogen-bond acceptors (Lipinski definition) is 3. The van der Waals surface area contributed by atoms with Gasteiger partial charge in [-0.15, -0.1) is 0 Å². The first kappa shape index (κ1) is 16.6. The lowest BCUT2D eigenvalue weighted by molar-refractivity contribution is -0.923. The monoisotopic (exact) mass is 217 g/mol. The van der Waals surface area contributed by atoms with Crippen molar-refractivity contribution >= 4 is 5.97 Å². The van der Waals surface area contributed by atoms with Crippen LogP contribution in [0.2, 0.25) is 0 Å². The van der Waals surface area contributed by atoms with Crippen LogP contribution in [0.5, 0.6) is 0 Å². The molecule has 0 bridgehead atoms. The molecular formula is C11H23NO3. The van der Waals surface area contributed by atoms with Crippen molar-refractivity contribution in [1.29, 1.82) is 0 Å². The van der Waals surface area contributed by atoms with Crippen LogP contribution >= 0.6 is 0 Å². The lowest BCUT2D eigenvalue weighted by Crippen LogP contribution is -2.49. The fourth-order valence-corrected chi connectivity index (χ4v) is 1.36. The predicted octanol–water partition coefficient (Wildman–Crippen LogP) is -0.222. The molecule has 0 heterocycles. The van der Waals surface area contributed by atoms with Gasteiger partial charge in [0.15, 0.2) is 0 Å². The molecule has 0 amide bonds. The fourth-order valence-electron chi connectivity index (χ4n) is 1.36. The Balaban J connectivity index is 0. The molecule has 0 rings (SSSR count). The maximum absolute atomic E-state index is 9.14. The number of carbonyl (C=O) groups excluding carboxylic acids is 1. The first-order chi connectivity index (χ1) is 7.01. The molecule has 0 aromatic rings. The third-order valence-electron chi connectivity index (χ3n) is 2.75. The van der Waals surface area contributed by atoms with Crippen molar-refractivity contribution in [1.82, 2.24) is 0 Å². The zero-order chi connectivity index (χ0) is 12.3. The Labute approximate surface area is 92.4 Å². The van der Waals surface area contributed by atoms with Gasteiger partial charge in [0.2, 0.25) is 0 Å². The summed E-state index contributed by atoms with van der Waals surface area (Å²) in [5, 5.41) is 17.9. The van der Waals surface area contributed by atoms with Gasteiger partial charge in [0.25, 0.3) is 0 Å². The van der Waals surface area contributed by atoms with E-state index in [-0.39, 0.29) is 0 Å². The van der Waals surface area contributed by atoms with Crippen molar-refractivity contribution < 1.29 is 19.5 Å². The van der Waals surface area contributed by atoms with Crippen LogP contribution in [0.1, 0.15) is 20.8 Å². The number of carbonyl (C=O) groups is 1. The van der Waals surface area contributed by atoms with Crippen molar-refractivity contribution in [2.45, 2.75) is 20.8 Å². The molecule has 0 aromatic carbocycles. The van der Waals surface area contributed by atoms with Crippen molar-refractivity contribution in [2.24, 2.45) is 0 Å². The Morgan fingerprint density at radius 3 is 1.73 bits per heavy atom. The average Bonchev–Trinajstić information content (AvgIpc) is 2.27. The molecule has 0 saturated carbocycles. The minimum atomic E-state index is -1.23. The summed E-state index contributed by atoms with van der Waals surface area (Å²) < 4.78 is 1.05. The van der Waals surface area contributed by atoms with Gasteiger partial charge in [-0.25, -0.2) is 0 Å². The van der Waals surface area contributed by atoms with Crippen LogP contribution in [-0.2, 0) is 4.79 Å². The minimum absolute atomic E-state index is 0.315.